The lowest BCUT2D eigenvalue weighted by molar-refractivity contribution is -0.385. The van der Waals surface area contributed by atoms with E-state index in [1.54, 1.807) is 0 Å². The highest BCUT2D eigenvalue weighted by atomic mass is 16.6. The summed E-state index contributed by atoms with van der Waals surface area (Å²) in [7, 11) is 1.45. The normalized spacial score (nSPS) is 9.42. The number of rotatable bonds is 2. The molecule has 1 rings (SSSR count). The first kappa shape index (κ1) is 8.18. The van der Waals surface area contributed by atoms with Crippen LogP contribution in [-0.2, 0) is 0 Å². The van der Waals surface area contributed by atoms with Crippen LogP contribution in [0.4, 0.5) is 11.5 Å². The summed E-state index contributed by atoms with van der Waals surface area (Å²) in [4.78, 5) is 26.1. The fraction of sp³-hybridized carbons (Fsp3) is 0.200. The number of nitrogens with zero attached hydrogens (tertiary/aromatic N) is 2. The first-order valence-corrected chi connectivity index (χ1v) is 3.06. The molecule has 0 saturated heterocycles. The van der Waals surface area contributed by atoms with Gasteiger partial charge in [-0.1, -0.05) is 0 Å². The summed E-state index contributed by atoms with van der Waals surface area (Å²) in [5.74, 6) is -0.0382. The van der Waals surface area contributed by atoms with Gasteiger partial charge in [-0.2, -0.15) is 0 Å². The van der Waals surface area contributed by atoms with Crippen LogP contribution in [0.1, 0.15) is 0 Å². The Morgan fingerprint density at radius 2 is 2.42 bits per heavy atom. The van der Waals surface area contributed by atoms with Crippen LogP contribution in [0, 0.1) is 10.1 Å². The van der Waals surface area contributed by atoms with Gasteiger partial charge < -0.3 is 10.3 Å². The molecule has 0 aliphatic carbocycles. The standard InChI is InChI=1S/C5H6N4O3/c1-6-4-3(9(11)12)5(10)8-2-7-4/h2H,1H3,(H2,6,7,8,10). The number of aromatic amines is 1. The van der Waals surface area contributed by atoms with Crippen LogP contribution >= 0.6 is 0 Å². The monoisotopic (exact) mass is 170 g/mol. The quantitative estimate of drug-likeness (QED) is 0.469. The minimum atomic E-state index is -0.780. The Balaban J connectivity index is 3.40. The molecule has 7 heteroatoms. The van der Waals surface area contributed by atoms with Crippen LogP contribution in [0.2, 0.25) is 0 Å². The molecule has 7 nitrogen and oxygen atoms in total. The van der Waals surface area contributed by atoms with Crippen LogP contribution in [0.15, 0.2) is 11.1 Å². The van der Waals surface area contributed by atoms with Gasteiger partial charge in [0.05, 0.1) is 11.3 Å². The molecule has 2 N–H and O–H groups in total. The number of nitrogens with one attached hydrogen (secondary N) is 2. The van der Waals surface area contributed by atoms with E-state index in [0.29, 0.717) is 0 Å². The predicted octanol–water partition coefficient (Wildman–Crippen LogP) is -0.280. The van der Waals surface area contributed by atoms with Crippen LogP contribution in [-0.4, -0.2) is 21.9 Å². The highest BCUT2D eigenvalue weighted by Gasteiger charge is 2.18. The summed E-state index contributed by atoms with van der Waals surface area (Å²) >= 11 is 0. The van der Waals surface area contributed by atoms with Crippen molar-refractivity contribution in [3.8, 4) is 0 Å². The molecule has 0 aliphatic rings. The molecular weight excluding hydrogens is 164 g/mol. The molecule has 0 amide bonds. The van der Waals surface area contributed by atoms with E-state index in [-0.39, 0.29) is 5.82 Å². The Morgan fingerprint density at radius 1 is 1.75 bits per heavy atom. The second-order valence-electron chi connectivity index (χ2n) is 1.94. The molecule has 1 aromatic rings. The van der Waals surface area contributed by atoms with E-state index in [1.165, 1.54) is 7.05 Å². The zero-order valence-electron chi connectivity index (χ0n) is 6.20. The van der Waals surface area contributed by atoms with Crippen molar-refractivity contribution in [3.63, 3.8) is 0 Å². The number of hydrogen-bond acceptors (Lipinski definition) is 5. The van der Waals surface area contributed by atoms with Crippen molar-refractivity contribution in [1.29, 1.82) is 0 Å². The van der Waals surface area contributed by atoms with E-state index in [4.69, 9.17) is 0 Å². The number of H-pyrrole nitrogens is 1. The fourth-order valence-electron chi connectivity index (χ4n) is 0.745. The molecule has 0 spiro atoms. The third-order valence-electron chi connectivity index (χ3n) is 1.25. The minimum absolute atomic E-state index is 0.0382. The summed E-state index contributed by atoms with van der Waals surface area (Å²) in [5.41, 5.74) is -1.33. The molecule has 0 aliphatic heterocycles. The summed E-state index contributed by atoms with van der Waals surface area (Å²) < 4.78 is 0. The van der Waals surface area contributed by atoms with Crippen molar-refractivity contribution in [3.05, 3.63) is 26.8 Å². The van der Waals surface area contributed by atoms with E-state index in [1.807, 2.05) is 0 Å². The predicted molar refractivity (Wildman–Crippen MR) is 41.1 cm³/mol. The lowest BCUT2D eigenvalue weighted by atomic mass is 10.5. The highest BCUT2D eigenvalue weighted by Crippen LogP contribution is 2.12. The van der Waals surface area contributed by atoms with Gasteiger partial charge in [-0.3, -0.25) is 14.9 Å². The Labute approximate surface area is 66.6 Å². The molecule has 64 valence electrons. The fourth-order valence-corrected chi connectivity index (χ4v) is 0.745. The van der Waals surface area contributed by atoms with Crippen molar-refractivity contribution >= 4 is 11.5 Å². The first-order valence-electron chi connectivity index (χ1n) is 3.06. The Kier molecular flexibility index (Phi) is 2.04. The van der Waals surface area contributed by atoms with Gasteiger partial charge in [0.1, 0.15) is 0 Å². The van der Waals surface area contributed by atoms with Crippen LogP contribution in [0.3, 0.4) is 0 Å². The number of hydrogen-bond donors (Lipinski definition) is 2. The van der Waals surface area contributed by atoms with Gasteiger partial charge in [-0.05, 0) is 0 Å². The number of nitro groups is 1. The van der Waals surface area contributed by atoms with E-state index in [0.717, 1.165) is 6.33 Å². The molecule has 0 aromatic carbocycles. The topological polar surface area (TPSA) is 101 Å². The summed E-state index contributed by atoms with van der Waals surface area (Å²) in [6.07, 6.45) is 1.10. The van der Waals surface area contributed by atoms with Gasteiger partial charge >= 0.3 is 11.2 Å². The maximum absolute atomic E-state index is 10.9. The van der Waals surface area contributed by atoms with Gasteiger partial charge in [-0.25, -0.2) is 4.98 Å². The maximum Gasteiger partial charge on any atom is 0.375 e. The van der Waals surface area contributed by atoms with Gasteiger partial charge in [0.15, 0.2) is 0 Å². The van der Waals surface area contributed by atoms with E-state index in [2.05, 4.69) is 15.3 Å². The number of anilines is 1. The molecule has 0 unspecified atom stereocenters. The van der Waals surface area contributed by atoms with Crippen molar-refractivity contribution < 1.29 is 4.92 Å². The molecule has 0 bridgehead atoms. The third-order valence-corrected chi connectivity index (χ3v) is 1.25. The van der Waals surface area contributed by atoms with E-state index >= 15 is 0 Å². The summed E-state index contributed by atoms with van der Waals surface area (Å²) in [5, 5.41) is 12.8. The highest BCUT2D eigenvalue weighted by molar-refractivity contribution is 5.52. The third kappa shape index (κ3) is 1.24. The Bertz CT molecular complexity index is 358. The second kappa shape index (κ2) is 2.99. The van der Waals surface area contributed by atoms with Crippen LogP contribution in [0.25, 0.3) is 0 Å². The van der Waals surface area contributed by atoms with Crippen molar-refractivity contribution in [2.24, 2.45) is 0 Å². The molecule has 0 fully saturated rings. The minimum Gasteiger partial charge on any atom is -0.367 e. The van der Waals surface area contributed by atoms with Gasteiger partial charge in [0.2, 0.25) is 5.82 Å². The summed E-state index contributed by atoms with van der Waals surface area (Å²) in [6.45, 7) is 0. The van der Waals surface area contributed by atoms with Gasteiger partial charge in [0.25, 0.3) is 0 Å². The second-order valence-corrected chi connectivity index (χ2v) is 1.94. The zero-order chi connectivity index (χ0) is 9.14. The molecular formula is C5H6N4O3. The molecule has 0 atom stereocenters. The van der Waals surface area contributed by atoms with Gasteiger partial charge in [0, 0.05) is 7.05 Å². The van der Waals surface area contributed by atoms with Crippen LogP contribution in [0.5, 0.6) is 0 Å². The zero-order valence-corrected chi connectivity index (χ0v) is 6.20. The van der Waals surface area contributed by atoms with Crippen molar-refractivity contribution in [2.45, 2.75) is 0 Å². The summed E-state index contributed by atoms with van der Waals surface area (Å²) in [6, 6.07) is 0. The molecule has 0 saturated carbocycles. The van der Waals surface area contributed by atoms with Crippen molar-refractivity contribution in [1.82, 2.24) is 9.97 Å². The Hall–Kier alpha value is -1.92. The SMILES string of the molecule is CNc1nc[nH]c(=O)c1[N+](=O)[O-]. The molecule has 1 aromatic heterocycles. The van der Waals surface area contributed by atoms with E-state index < -0.39 is 16.2 Å². The van der Waals surface area contributed by atoms with Gasteiger partial charge in [-0.15, -0.1) is 0 Å². The molecule has 12 heavy (non-hydrogen) atoms. The molecule has 1 heterocycles. The molecule has 0 radical (unpaired) electrons. The Morgan fingerprint density at radius 3 is 2.83 bits per heavy atom. The lowest BCUT2D eigenvalue weighted by Crippen LogP contribution is -2.14. The smallest absolute Gasteiger partial charge is 0.367 e. The van der Waals surface area contributed by atoms with Crippen LogP contribution < -0.4 is 10.9 Å². The maximum atomic E-state index is 10.9. The average Bonchev–Trinajstić information content (AvgIpc) is 2.03. The average molecular weight is 170 g/mol. The largest absolute Gasteiger partial charge is 0.375 e. The van der Waals surface area contributed by atoms with E-state index in [9.17, 15) is 14.9 Å². The van der Waals surface area contributed by atoms with Crippen molar-refractivity contribution in [2.75, 3.05) is 12.4 Å². The lowest BCUT2D eigenvalue weighted by Gasteiger charge is -1.96. The first-order chi connectivity index (χ1) is 5.66. The number of aromatic nitrogens is 2.